The summed E-state index contributed by atoms with van der Waals surface area (Å²) in [5.41, 5.74) is -0.128. The predicted octanol–water partition coefficient (Wildman–Crippen LogP) is 0.968. The molecule has 0 saturated carbocycles. The predicted molar refractivity (Wildman–Crippen MR) is 96.6 cm³/mol. The smallest absolute Gasteiger partial charge is 0.326 e. The van der Waals surface area contributed by atoms with E-state index in [1.807, 2.05) is 17.5 Å². The van der Waals surface area contributed by atoms with Crippen molar-refractivity contribution in [3.05, 3.63) is 42.2 Å². The molecular weight excluding hydrogens is 385 g/mol. The van der Waals surface area contributed by atoms with Gasteiger partial charge < -0.3 is 10.1 Å². The number of esters is 1. The van der Waals surface area contributed by atoms with Gasteiger partial charge in [0.1, 0.15) is 12.4 Å². The molecular formula is C19H18FN3O6. The first-order valence-electron chi connectivity index (χ1n) is 8.88. The highest BCUT2D eigenvalue weighted by molar-refractivity contribution is 6.07. The van der Waals surface area contributed by atoms with Crippen molar-refractivity contribution < 1.29 is 33.1 Å². The number of imide groups is 2. The van der Waals surface area contributed by atoms with Crippen LogP contribution in [-0.2, 0) is 23.9 Å². The molecule has 2 aliphatic rings. The monoisotopic (exact) mass is 403 g/mol. The number of carbonyl (C=O) groups is 5. The number of likely N-dealkylation sites (tertiary alicyclic amines) is 1. The molecule has 0 radical (unpaired) electrons. The summed E-state index contributed by atoms with van der Waals surface area (Å²) >= 11 is 0. The Balaban J connectivity index is 1.44. The normalized spacial score (nSPS) is 20.2. The van der Waals surface area contributed by atoms with Crippen LogP contribution in [0, 0.1) is 17.7 Å². The average molecular weight is 403 g/mol. The Morgan fingerprint density at radius 1 is 1.07 bits per heavy atom. The quantitative estimate of drug-likeness (QED) is 0.429. The molecule has 1 fully saturated rings. The van der Waals surface area contributed by atoms with Crippen molar-refractivity contribution in [2.45, 2.75) is 12.8 Å². The van der Waals surface area contributed by atoms with Gasteiger partial charge >= 0.3 is 12.0 Å². The van der Waals surface area contributed by atoms with Crippen LogP contribution in [0.2, 0.25) is 0 Å². The van der Waals surface area contributed by atoms with Gasteiger partial charge in [-0.2, -0.15) is 0 Å². The van der Waals surface area contributed by atoms with Crippen LogP contribution in [0.3, 0.4) is 0 Å². The van der Waals surface area contributed by atoms with E-state index in [-0.39, 0.29) is 5.69 Å². The Labute approximate surface area is 164 Å². The Hall–Kier alpha value is -3.56. The number of allylic oxidation sites excluding steroid dienone is 2. The minimum absolute atomic E-state index is 0.128. The van der Waals surface area contributed by atoms with Gasteiger partial charge in [0.05, 0.1) is 17.5 Å². The number of hydrogen-bond donors (Lipinski definition) is 2. The van der Waals surface area contributed by atoms with Crippen molar-refractivity contribution in [1.29, 1.82) is 0 Å². The van der Waals surface area contributed by atoms with Crippen molar-refractivity contribution in [1.82, 2.24) is 10.2 Å². The summed E-state index contributed by atoms with van der Waals surface area (Å²) in [6.45, 7) is -1.40. The van der Waals surface area contributed by atoms with Crippen LogP contribution in [0.1, 0.15) is 12.8 Å². The fraction of sp³-hybridized carbons (Fsp3) is 0.316. The van der Waals surface area contributed by atoms with Gasteiger partial charge in [0.15, 0.2) is 6.61 Å². The van der Waals surface area contributed by atoms with Gasteiger partial charge in [-0.1, -0.05) is 24.3 Å². The van der Waals surface area contributed by atoms with Crippen molar-refractivity contribution in [3.63, 3.8) is 0 Å². The highest BCUT2D eigenvalue weighted by Gasteiger charge is 2.47. The molecule has 1 saturated heterocycles. The number of amides is 5. The van der Waals surface area contributed by atoms with Crippen LogP contribution in [0.4, 0.5) is 14.9 Å². The number of nitrogens with one attached hydrogen (secondary N) is 2. The number of ether oxygens (including phenoxy) is 1. The van der Waals surface area contributed by atoms with Crippen molar-refractivity contribution >= 4 is 35.4 Å². The molecule has 10 heteroatoms. The minimum Gasteiger partial charge on any atom is -0.454 e. The molecule has 1 aliphatic carbocycles. The van der Waals surface area contributed by atoms with E-state index in [2.05, 4.69) is 5.32 Å². The van der Waals surface area contributed by atoms with Gasteiger partial charge in [-0.25, -0.2) is 9.18 Å². The SMILES string of the molecule is O=C(COC(=O)CN1C(=O)[C@H]2CC=CC[C@@H]2C1=O)NC(=O)Nc1ccccc1F. The molecule has 1 aromatic rings. The zero-order valence-electron chi connectivity index (χ0n) is 15.2. The Morgan fingerprint density at radius 3 is 2.31 bits per heavy atom. The lowest BCUT2D eigenvalue weighted by Crippen LogP contribution is -2.40. The summed E-state index contributed by atoms with van der Waals surface area (Å²) < 4.78 is 18.2. The summed E-state index contributed by atoms with van der Waals surface area (Å²) in [6, 6.07) is 4.36. The first kappa shape index (κ1) is 20.2. The topological polar surface area (TPSA) is 122 Å². The molecule has 0 spiro atoms. The summed E-state index contributed by atoms with van der Waals surface area (Å²) in [5, 5.41) is 4.01. The molecule has 29 heavy (non-hydrogen) atoms. The Morgan fingerprint density at radius 2 is 1.69 bits per heavy atom. The van der Waals surface area contributed by atoms with Crippen LogP contribution in [-0.4, -0.2) is 47.8 Å². The molecule has 9 nitrogen and oxygen atoms in total. The number of nitrogens with zero attached hydrogens (tertiary/aromatic N) is 1. The van der Waals surface area contributed by atoms with Crippen molar-refractivity contribution in [2.75, 3.05) is 18.5 Å². The van der Waals surface area contributed by atoms with E-state index in [0.29, 0.717) is 12.8 Å². The third-order valence-corrected chi connectivity index (χ3v) is 4.63. The third-order valence-electron chi connectivity index (χ3n) is 4.63. The maximum absolute atomic E-state index is 13.4. The summed E-state index contributed by atoms with van der Waals surface area (Å²) in [6.07, 6.45) is 4.54. The van der Waals surface area contributed by atoms with Gasteiger partial charge in [0.2, 0.25) is 11.8 Å². The number of para-hydroxylation sites is 1. The molecule has 1 aromatic carbocycles. The van der Waals surface area contributed by atoms with E-state index in [9.17, 15) is 28.4 Å². The number of fused-ring (bicyclic) bond motifs is 1. The number of halogens is 1. The van der Waals surface area contributed by atoms with Crippen LogP contribution in [0.25, 0.3) is 0 Å². The lowest BCUT2D eigenvalue weighted by atomic mass is 9.85. The van der Waals surface area contributed by atoms with E-state index < -0.39 is 60.5 Å². The van der Waals surface area contributed by atoms with Crippen LogP contribution in [0.5, 0.6) is 0 Å². The molecule has 2 atom stereocenters. The van der Waals surface area contributed by atoms with Gasteiger partial charge in [0.25, 0.3) is 5.91 Å². The molecule has 152 valence electrons. The van der Waals surface area contributed by atoms with Crippen LogP contribution >= 0.6 is 0 Å². The maximum atomic E-state index is 13.4. The zero-order chi connectivity index (χ0) is 21.0. The first-order valence-corrected chi connectivity index (χ1v) is 8.88. The number of hydrogen-bond acceptors (Lipinski definition) is 6. The van der Waals surface area contributed by atoms with Crippen molar-refractivity contribution in [2.24, 2.45) is 11.8 Å². The molecule has 1 aliphatic heterocycles. The van der Waals surface area contributed by atoms with Gasteiger partial charge in [-0.05, 0) is 25.0 Å². The molecule has 0 aromatic heterocycles. The van der Waals surface area contributed by atoms with Crippen LogP contribution < -0.4 is 10.6 Å². The fourth-order valence-electron chi connectivity index (χ4n) is 3.22. The van der Waals surface area contributed by atoms with E-state index in [1.54, 1.807) is 0 Å². The van der Waals surface area contributed by atoms with Crippen LogP contribution in [0.15, 0.2) is 36.4 Å². The largest absolute Gasteiger partial charge is 0.454 e. The maximum Gasteiger partial charge on any atom is 0.326 e. The number of anilines is 1. The molecule has 2 N–H and O–H groups in total. The molecule has 0 bridgehead atoms. The zero-order valence-corrected chi connectivity index (χ0v) is 15.2. The second-order valence-electron chi connectivity index (χ2n) is 6.56. The Bertz CT molecular complexity index is 874. The van der Waals surface area contributed by atoms with Gasteiger partial charge in [0, 0.05) is 0 Å². The minimum atomic E-state index is -1.00. The van der Waals surface area contributed by atoms with Gasteiger partial charge in [-0.3, -0.25) is 29.4 Å². The molecule has 1 heterocycles. The van der Waals surface area contributed by atoms with E-state index in [1.165, 1.54) is 18.2 Å². The van der Waals surface area contributed by atoms with E-state index in [0.717, 1.165) is 11.0 Å². The highest BCUT2D eigenvalue weighted by atomic mass is 19.1. The van der Waals surface area contributed by atoms with Gasteiger partial charge in [-0.15, -0.1) is 0 Å². The highest BCUT2D eigenvalue weighted by Crippen LogP contribution is 2.34. The molecule has 0 unspecified atom stereocenters. The Kier molecular flexibility index (Phi) is 6.01. The molecule has 5 amide bonds. The summed E-state index contributed by atoms with van der Waals surface area (Å²) in [7, 11) is 0. The second kappa shape index (κ2) is 8.63. The number of carbonyl (C=O) groups excluding carboxylic acids is 5. The third kappa shape index (κ3) is 4.65. The van der Waals surface area contributed by atoms with E-state index in [4.69, 9.17) is 4.74 Å². The average Bonchev–Trinajstić information content (AvgIpc) is 2.93. The van der Waals surface area contributed by atoms with E-state index >= 15 is 0 Å². The number of urea groups is 1. The van der Waals surface area contributed by atoms with Crippen molar-refractivity contribution in [3.8, 4) is 0 Å². The standard InChI is InChI=1S/C19H18FN3O6/c20-13-7-3-4-8-14(13)21-19(28)22-15(24)10-29-16(25)9-23-17(26)11-5-1-2-6-12(11)18(23)27/h1-4,7-8,11-12H,5-6,9-10H2,(H2,21,22,24,28)/t11-,12-/m0/s1. The number of benzene rings is 1. The summed E-state index contributed by atoms with van der Waals surface area (Å²) in [5.74, 6) is -4.40. The lowest BCUT2D eigenvalue weighted by molar-refractivity contribution is -0.154. The fourth-order valence-corrected chi connectivity index (χ4v) is 3.22. The first-order chi connectivity index (χ1) is 13.9. The summed E-state index contributed by atoms with van der Waals surface area (Å²) in [4.78, 5) is 60.7. The number of rotatable bonds is 5. The lowest BCUT2D eigenvalue weighted by Gasteiger charge is -2.14. The molecule has 3 rings (SSSR count). The second-order valence-corrected chi connectivity index (χ2v) is 6.56.